The molecule has 1 amide bonds. The molecule has 10 heteroatoms. The van der Waals surface area contributed by atoms with Crippen LogP contribution in [-0.4, -0.2) is 51.4 Å². The minimum absolute atomic E-state index is 0.0119. The number of carbonyl (C=O) groups is 2. The quantitative estimate of drug-likeness (QED) is 0.180. The predicted octanol–water partition coefficient (Wildman–Crippen LogP) is 3.71. The van der Waals surface area contributed by atoms with Gasteiger partial charge in [-0.2, -0.15) is 0 Å². The lowest BCUT2D eigenvalue weighted by atomic mass is 10.0. The number of esters is 1. The SMILES string of the molecule is CCCCCCCCCCCCCCCC(=O)NC[C@@H](O)[C@@H]1C[C@@H](OC(C)=O)[C@H](n2ccc(=O)[nH]c2=O)O1. The topological polar surface area (TPSA) is 140 Å². The van der Waals surface area contributed by atoms with E-state index >= 15 is 0 Å². The van der Waals surface area contributed by atoms with E-state index < -0.39 is 41.8 Å². The fourth-order valence-corrected chi connectivity index (χ4v) is 4.85. The summed E-state index contributed by atoms with van der Waals surface area (Å²) in [5, 5.41) is 13.3. The van der Waals surface area contributed by atoms with Crippen molar-refractivity contribution in [3.63, 3.8) is 0 Å². The van der Waals surface area contributed by atoms with Crippen molar-refractivity contribution in [3.05, 3.63) is 33.1 Å². The van der Waals surface area contributed by atoms with Gasteiger partial charge in [-0.3, -0.25) is 23.9 Å². The fraction of sp³-hybridized carbons (Fsp3) is 0.786. The van der Waals surface area contributed by atoms with Crippen molar-refractivity contribution >= 4 is 11.9 Å². The number of H-pyrrole nitrogens is 1. The number of carbonyl (C=O) groups excluding carboxylic acids is 2. The molecule has 1 fully saturated rings. The summed E-state index contributed by atoms with van der Waals surface area (Å²) in [5.41, 5.74) is -1.27. The lowest BCUT2D eigenvalue weighted by Gasteiger charge is -2.21. The second-order valence-electron chi connectivity index (χ2n) is 10.3. The molecule has 0 saturated carbocycles. The average Bonchev–Trinajstić information content (AvgIpc) is 3.28. The Bertz CT molecular complexity index is 945. The molecule has 4 atom stereocenters. The monoisotopic (exact) mass is 537 g/mol. The third kappa shape index (κ3) is 11.9. The van der Waals surface area contributed by atoms with Gasteiger partial charge in [0.1, 0.15) is 6.10 Å². The largest absolute Gasteiger partial charge is 0.458 e. The third-order valence-corrected chi connectivity index (χ3v) is 6.98. The maximum absolute atomic E-state index is 12.2. The van der Waals surface area contributed by atoms with Crippen molar-refractivity contribution in [3.8, 4) is 0 Å². The van der Waals surface area contributed by atoms with E-state index in [0.29, 0.717) is 6.42 Å². The zero-order chi connectivity index (χ0) is 27.8. The molecular formula is C28H47N3O7. The number of aliphatic hydroxyl groups is 1. The van der Waals surface area contributed by atoms with Crippen LogP contribution >= 0.6 is 0 Å². The number of aliphatic hydroxyl groups excluding tert-OH is 1. The van der Waals surface area contributed by atoms with Gasteiger partial charge in [-0.25, -0.2) is 4.79 Å². The highest BCUT2D eigenvalue weighted by Gasteiger charge is 2.42. The molecule has 0 bridgehead atoms. The number of aromatic nitrogens is 2. The number of rotatable bonds is 19. The van der Waals surface area contributed by atoms with Gasteiger partial charge in [0.2, 0.25) is 5.91 Å². The molecule has 10 nitrogen and oxygen atoms in total. The molecule has 1 saturated heterocycles. The minimum atomic E-state index is -1.05. The Hall–Kier alpha value is -2.46. The van der Waals surface area contributed by atoms with Crippen LogP contribution in [0.4, 0.5) is 0 Å². The first-order valence-electron chi connectivity index (χ1n) is 14.4. The number of hydrogen-bond donors (Lipinski definition) is 3. The molecule has 2 rings (SSSR count). The van der Waals surface area contributed by atoms with Gasteiger partial charge in [0, 0.05) is 38.6 Å². The van der Waals surface area contributed by atoms with Gasteiger partial charge in [0.25, 0.3) is 5.56 Å². The van der Waals surface area contributed by atoms with Crippen LogP contribution in [0.5, 0.6) is 0 Å². The summed E-state index contributed by atoms with van der Waals surface area (Å²) in [4.78, 5) is 49.4. The number of hydrogen-bond acceptors (Lipinski definition) is 7. The van der Waals surface area contributed by atoms with Crippen molar-refractivity contribution in [2.45, 2.75) is 135 Å². The molecule has 1 aliphatic rings. The summed E-state index contributed by atoms with van der Waals surface area (Å²) in [5.74, 6) is -0.683. The first-order chi connectivity index (χ1) is 18.3. The molecule has 0 spiro atoms. The van der Waals surface area contributed by atoms with E-state index in [1.54, 1.807) is 0 Å². The van der Waals surface area contributed by atoms with Crippen molar-refractivity contribution < 1.29 is 24.2 Å². The maximum Gasteiger partial charge on any atom is 0.330 e. The van der Waals surface area contributed by atoms with E-state index in [1.165, 1.54) is 77.3 Å². The zero-order valence-electron chi connectivity index (χ0n) is 23.1. The van der Waals surface area contributed by atoms with Crippen LogP contribution in [0.2, 0.25) is 0 Å². The first-order valence-corrected chi connectivity index (χ1v) is 14.4. The van der Waals surface area contributed by atoms with Crippen molar-refractivity contribution in [2.75, 3.05) is 6.54 Å². The maximum atomic E-state index is 12.2. The van der Waals surface area contributed by atoms with E-state index in [1.807, 2.05) is 0 Å². The molecule has 38 heavy (non-hydrogen) atoms. The number of nitrogens with zero attached hydrogens (tertiary/aromatic N) is 1. The van der Waals surface area contributed by atoms with Crippen LogP contribution in [0.15, 0.2) is 21.9 Å². The highest BCUT2D eigenvalue weighted by Crippen LogP contribution is 2.32. The minimum Gasteiger partial charge on any atom is -0.458 e. The predicted molar refractivity (Wildman–Crippen MR) is 145 cm³/mol. The third-order valence-electron chi connectivity index (χ3n) is 6.98. The van der Waals surface area contributed by atoms with Gasteiger partial charge >= 0.3 is 11.7 Å². The van der Waals surface area contributed by atoms with Gasteiger partial charge < -0.3 is 19.9 Å². The summed E-state index contributed by atoms with van der Waals surface area (Å²) >= 11 is 0. The summed E-state index contributed by atoms with van der Waals surface area (Å²) in [7, 11) is 0. The summed E-state index contributed by atoms with van der Waals surface area (Å²) in [6, 6.07) is 1.16. The molecule has 3 N–H and O–H groups in total. The van der Waals surface area contributed by atoms with Crippen LogP contribution in [0, 0.1) is 0 Å². The number of nitrogens with one attached hydrogen (secondary N) is 2. The second-order valence-corrected chi connectivity index (χ2v) is 10.3. The van der Waals surface area contributed by atoms with E-state index in [2.05, 4.69) is 17.2 Å². The summed E-state index contributed by atoms with van der Waals surface area (Å²) < 4.78 is 12.2. The standard InChI is InChI=1S/C28H47N3O7/c1-3-4-5-6-7-8-9-10-11-12-13-14-15-16-25(34)29-20-22(33)23-19-24(37-21(2)32)27(38-23)31-18-17-26(35)30-28(31)36/h17-18,22-24,27,33H,3-16,19-20H2,1-2H3,(H,29,34)(H,30,35,36)/t22-,23+,24-,27-/m1/s1. The molecular weight excluding hydrogens is 490 g/mol. The molecule has 2 heterocycles. The van der Waals surface area contributed by atoms with Crippen LogP contribution in [0.25, 0.3) is 0 Å². The first kappa shape index (κ1) is 31.8. The number of unbranched alkanes of at least 4 members (excludes halogenated alkanes) is 12. The second kappa shape index (κ2) is 17.9. The molecule has 0 aliphatic carbocycles. The lowest BCUT2D eigenvalue weighted by Crippen LogP contribution is -2.39. The molecule has 0 aromatic carbocycles. The smallest absolute Gasteiger partial charge is 0.330 e. The van der Waals surface area contributed by atoms with E-state index in [0.717, 1.165) is 29.9 Å². The molecule has 216 valence electrons. The number of aromatic amines is 1. The fourth-order valence-electron chi connectivity index (χ4n) is 4.85. The van der Waals surface area contributed by atoms with Crippen LogP contribution < -0.4 is 16.6 Å². The van der Waals surface area contributed by atoms with E-state index in [4.69, 9.17) is 9.47 Å². The zero-order valence-corrected chi connectivity index (χ0v) is 23.1. The molecule has 1 aromatic heterocycles. The average molecular weight is 538 g/mol. The number of ether oxygens (including phenoxy) is 2. The summed E-state index contributed by atoms with van der Waals surface area (Å²) in [6.45, 7) is 3.47. The van der Waals surface area contributed by atoms with Crippen molar-refractivity contribution in [1.82, 2.24) is 14.9 Å². The Morgan fingerprint density at radius 1 is 1.05 bits per heavy atom. The van der Waals surface area contributed by atoms with Crippen molar-refractivity contribution in [2.24, 2.45) is 0 Å². The Morgan fingerprint density at radius 2 is 1.63 bits per heavy atom. The number of amides is 1. The lowest BCUT2D eigenvalue weighted by molar-refractivity contribution is -0.153. The van der Waals surface area contributed by atoms with Crippen molar-refractivity contribution in [1.29, 1.82) is 0 Å². The molecule has 0 radical (unpaired) electrons. The highest BCUT2D eigenvalue weighted by atomic mass is 16.6. The molecule has 0 unspecified atom stereocenters. The Balaban J connectivity index is 1.61. The van der Waals surface area contributed by atoms with Crippen LogP contribution in [0.3, 0.4) is 0 Å². The normalized spacial score (nSPS) is 19.8. The molecule has 1 aliphatic heterocycles. The molecule has 1 aromatic rings. The highest BCUT2D eigenvalue weighted by molar-refractivity contribution is 5.75. The Morgan fingerprint density at radius 3 is 2.18 bits per heavy atom. The summed E-state index contributed by atoms with van der Waals surface area (Å²) in [6.07, 6.45) is 14.3. The van der Waals surface area contributed by atoms with Gasteiger partial charge in [0.05, 0.1) is 12.2 Å². The van der Waals surface area contributed by atoms with Gasteiger partial charge in [-0.15, -0.1) is 0 Å². The van der Waals surface area contributed by atoms with E-state index in [9.17, 15) is 24.3 Å². The Kier molecular flexibility index (Phi) is 15.0. The Labute approximate surface area is 225 Å². The van der Waals surface area contributed by atoms with Crippen LogP contribution in [-0.2, 0) is 19.1 Å². The van der Waals surface area contributed by atoms with Gasteiger partial charge in [0.15, 0.2) is 6.23 Å². The van der Waals surface area contributed by atoms with E-state index in [-0.39, 0.29) is 18.9 Å². The van der Waals surface area contributed by atoms with Gasteiger partial charge in [-0.05, 0) is 6.42 Å². The van der Waals surface area contributed by atoms with Crippen LogP contribution in [0.1, 0.15) is 116 Å². The van der Waals surface area contributed by atoms with Gasteiger partial charge in [-0.1, -0.05) is 84.0 Å².